The molecular formula is C16H16INO2. The van der Waals surface area contributed by atoms with Gasteiger partial charge in [0.25, 0.3) is 5.91 Å². The Morgan fingerprint density at radius 2 is 1.75 bits per heavy atom. The third-order valence-corrected chi connectivity index (χ3v) is 3.55. The molecule has 1 N–H and O–H groups in total. The van der Waals surface area contributed by atoms with Crippen molar-refractivity contribution in [3.05, 3.63) is 57.7 Å². The molecule has 0 atom stereocenters. The van der Waals surface area contributed by atoms with Crippen molar-refractivity contribution in [2.75, 3.05) is 11.9 Å². The van der Waals surface area contributed by atoms with Gasteiger partial charge >= 0.3 is 0 Å². The second kappa shape index (κ2) is 7.28. The standard InChI is InChI=1S/C16H16INO2/c1-2-12-3-9-15(10-4-12)20-11-16(19)18-14-7-5-13(17)6-8-14/h3-10H,2,11H2,1H3,(H,18,19). The second-order valence-electron chi connectivity index (χ2n) is 4.34. The van der Waals surface area contributed by atoms with Gasteiger partial charge in [-0.05, 0) is 71.0 Å². The number of hydrogen-bond donors (Lipinski definition) is 1. The van der Waals surface area contributed by atoms with Crippen molar-refractivity contribution in [1.82, 2.24) is 0 Å². The van der Waals surface area contributed by atoms with Crippen LogP contribution in [-0.4, -0.2) is 12.5 Å². The molecule has 0 aliphatic heterocycles. The van der Waals surface area contributed by atoms with E-state index in [0.717, 1.165) is 15.7 Å². The zero-order chi connectivity index (χ0) is 14.4. The second-order valence-corrected chi connectivity index (χ2v) is 5.59. The molecule has 0 heterocycles. The highest BCUT2D eigenvalue weighted by Crippen LogP contribution is 2.13. The number of hydrogen-bond acceptors (Lipinski definition) is 2. The first-order valence-corrected chi connectivity index (χ1v) is 7.52. The Morgan fingerprint density at radius 1 is 1.10 bits per heavy atom. The van der Waals surface area contributed by atoms with Crippen LogP contribution in [0.4, 0.5) is 5.69 Å². The van der Waals surface area contributed by atoms with Gasteiger partial charge in [-0.3, -0.25) is 4.79 Å². The lowest BCUT2D eigenvalue weighted by atomic mass is 10.2. The highest BCUT2D eigenvalue weighted by atomic mass is 127. The first-order chi connectivity index (χ1) is 9.67. The monoisotopic (exact) mass is 381 g/mol. The lowest BCUT2D eigenvalue weighted by Gasteiger charge is -2.08. The van der Waals surface area contributed by atoms with Gasteiger partial charge in [0.1, 0.15) is 5.75 Å². The van der Waals surface area contributed by atoms with Crippen molar-refractivity contribution in [3.8, 4) is 5.75 Å². The summed E-state index contributed by atoms with van der Waals surface area (Å²) >= 11 is 2.22. The smallest absolute Gasteiger partial charge is 0.262 e. The van der Waals surface area contributed by atoms with Gasteiger partial charge in [-0.15, -0.1) is 0 Å². The zero-order valence-electron chi connectivity index (χ0n) is 11.2. The van der Waals surface area contributed by atoms with Gasteiger partial charge in [0.2, 0.25) is 0 Å². The summed E-state index contributed by atoms with van der Waals surface area (Å²) in [7, 11) is 0. The maximum Gasteiger partial charge on any atom is 0.262 e. The van der Waals surface area contributed by atoms with Gasteiger partial charge in [0.15, 0.2) is 6.61 Å². The van der Waals surface area contributed by atoms with Gasteiger partial charge in [0, 0.05) is 9.26 Å². The van der Waals surface area contributed by atoms with Gasteiger partial charge in [-0.25, -0.2) is 0 Å². The summed E-state index contributed by atoms with van der Waals surface area (Å²) in [5.41, 5.74) is 2.03. The van der Waals surface area contributed by atoms with E-state index in [-0.39, 0.29) is 12.5 Å². The first-order valence-electron chi connectivity index (χ1n) is 6.44. The number of nitrogens with one attached hydrogen (secondary N) is 1. The molecule has 20 heavy (non-hydrogen) atoms. The van der Waals surface area contributed by atoms with Crippen LogP contribution in [-0.2, 0) is 11.2 Å². The fraction of sp³-hybridized carbons (Fsp3) is 0.188. The Balaban J connectivity index is 1.83. The van der Waals surface area contributed by atoms with E-state index in [1.54, 1.807) is 0 Å². The van der Waals surface area contributed by atoms with Crippen LogP contribution in [0.2, 0.25) is 0 Å². The summed E-state index contributed by atoms with van der Waals surface area (Å²) in [5, 5.41) is 2.79. The highest BCUT2D eigenvalue weighted by molar-refractivity contribution is 14.1. The molecule has 0 spiro atoms. The number of aryl methyl sites for hydroxylation is 1. The van der Waals surface area contributed by atoms with E-state index in [1.807, 2.05) is 48.5 Å². The SMILES string of the molecule is CCc1ccc(OCC(=O)Nc2ccc(I)cc2)cc1. The van der Waals surface area contributed by atoms with Crippen LogP contribution in [0.1, 0.15) is 12.5 Å². The molecule has 0 bridgehead atoms. The topological polar surface area (TPSA) is 38.3 Å². The van der Waals surface area contributed by atoms with Gasteiger partial charge in [0.05, 0.1) is 0 Å². The van der Waals surface area contributed by atoms with Crippen LogP contribution < -0.4 is 10.1 Å². The molecule has 2 rings (SSSR count). The number of carbonyl (C=O) groups excluding carboxylic acids is 1. The molecule has 104 valence electrons. The molecule has 0 aromatic heterocycles. The van der Waals surface area contributed by atoms with E-state index in [2.05, 4.69) is 34.8 Å². The normalized spacial score (nSPS) is 10.1. The number of carbonyl (C=O) groups is 1. The van der Waals surface area contributed by atoms with E-state index in [1.165, 1.54) is 5.56 Å². The maximum atomic E-state index is 11.8. The van der Waals surface area contributed by atoms with E-state index in [4.69, 9.17) is 4.74 Å². The number of anilines is 1. The molecule has 0 aliphatic carbocycles. The number of rotatable bonds is 5. The number of halogens is 1. The van der Waals surface area contributed by atoms with Crippen LogP contribution in [0.3, 0.4) is 0 Å². The molecule has 4 heteroatoms. The van der Waals surface area contributed by atoms with E-state index < -0.39 is 0 Å². The van der Waals surface area contributed by atoms with Crippen LogP contribution >= 0.6 is 22.6 Å². The summed E-state index contributed by atoms with van der Waals surface area (Å²) < 4.78 is 6.58. The molecule has 0 unspecified atom stereocenters. The van der Waals surface area contributed by atoms with Crippen LogP contribution in [0.5, 0.6) is 5.75 Å². The summed E-state index contributed by atoms with van der Waals surface area (Å²) in [4.78, 5) is 11.8. The lowest BCUT2D eigenvalue weighted by Crippen LogP contribution is -2.20. The number of benzene rings is 2. The van der Waals surface area contributed by atoms with Crippen molar-refractivity contribution in [2.45, 2.75) is 13.3 Å². The van der Waals surface area contributed by atoms with Crippen LogP contribution in [0.25, 0.3) is 0 Å². The summed E-state index contributed by atoms with van der Waals surface area (Å²) in [5.74, 6) is 0.547. The molecule has 1 amide bonds. The fourth-order valence-corrected chi connectivity index (χ4v) is 2.06. The van der Waals surface area contributed by atoms with Crippen LogP contribution in [0.15, 0.2) is 48.5 Å². The Labute approximate surface area is 132 Å². The number of amides is 1. The van der Waals surface area contributed by atoms with Crippen molar-refractivity contribution < 1.29 is 9.53 Å². The zero-order valence-corrected chi connectivity index (χ0v) is 13.4. The minimum Gasteiger partial charge on any atom is -0.484 e. The van der Waals surface area contributed by atoms with Crippen molar-refractivity contribution in [1.29, 1.82) is 0 Å². The molecule has 2 aromatic rings. The Morgan fingerprint density at radius 3 is 2.35 bits per heavy atom. The van der Waals surface area contributed by atoms with Crippen LogP contribution in [0, 0.1) is 3.57 Å². The highest BCUT2D eigenvalue weighted by Gasteiger charge is 2.03. The average Bonchev–Trinajstić information content (AvgIpc) is 2.48. The van der Waals surface area contributed by atoms with Gasteiger partial charge < -0.3 is 10.1 Å². The third kappa shape index (κ3) is 4.52. The minimum absolute atomic E-state index is 0.0114. The van der Waals surface area contributed by atoms with E-state index in [0.29, 0.717) is 5.75 Å². The molecule has 0 radical (unpaired) electrons. The third-order valence-electron chi connectivity index (χ3n) is 2.83. The predicted molar refractivity (Wildman–Crippen MR) is 89.1 cm³/mol. The van der Waals surface area contributed by atoms with E-state index in [9.17, 15) is 4.79 Å². The maximum absolute atomic E-state index is 11.8. The molecular weight excluding hydrogens is 365 g/mol. The first kappa shape index (κ1) is 14.8. The largest absolute Gasteiger partial charge is 0.484 e. The van der Waals surface area contributed by atoms with Crippen molar-refractivity contribution >= 4 is 34.2 Å². The Kier molecular flexibility index (Phi) is 5.40. The van der Waals surface area contributed by atoms with Gasteiger partial charge in [-0.2, -0.15) is 0 Å². The van der Waals surface area contributed by atoms with Crippen molar-refractivity contribution in [3.63, 3.8) is 0 Å². The predicted octanol–water partition coefficient (Wildman–Crippen LogP) is 3.87. The molecule has 0 saturated heterocycles. The minimum atomic E-state index is -0.161. The fourth-order valence-electron chi connectivity index (χ4n) is 1.70. The van der Waals surface area contributed by atoms with E-state index >= 15 is 0 Å². The quantitative estimate of drug-likeness (QED) is 0.799. The Hall–Kier alpha value is -1.56. The van der Waals surface area contributed by atoms with Crippen molar-refractivity contribution in [2.24, 2.45) is 0 Å². The average molecular weight is 381 g/mol. The molecule has 3 nitrogen and oxygen atoms in total. The lowest BCUT2D eigenvalue weighted by molar-refractivity contribution is -0.118. The summed E-state index contributed by atoms with van der Waals surface area (Å²) in [6.45, 7) is 2.11. The molecule has 2 aromatic carbocycles. The van der Waals surface area contributed by atoms with Gasteiger partial charge in [-0.1, -0.05) is 19.1 Å². The molecule has 0 saturated carbocycles. The summed E-state index contributed by atoms with van der Waals surface area (Å²) in [6.07, 6.45) is 0.994. The summed E-state index contributed by atoms with van der Waals surface area (Å²) in [6, 6.07) is 15.4. The Bertz CT molecular complexity index is 564. The molecule has 0 aliphatic rings. The number of ether oxygens (including phenoxy) is 1. The molecule has 0 fully saturated rings.